The highest BCUT2D eigenvalue weighted by Crippen LogP contribution is 2.31. The first kappa shape index (κ1) is 18.7. The van der Waals surface area contributed by atoms with Crippen molar-refractivity contribution in [3.05, 3.63) is 71.5 Å². The summed E-state index contributed by atoms with van der Waals surface area (Å²) in [6, 6.07) is 16.0. The third-order valence-electron chi connectivity index (χ3n) is 3.67. The van der Waals surface area contributed by atoms with Crippen molar-refractivity contribution in [2.75, 3.05) is 18.5 Å². The Labute approximate surface area is 159 Å². The molecule has 5 nitrogen and oxygen atoms in total. The van der Waals surface area contributed by atoms with E-state index in [1.807, 2.05) is 24.3 Å². The van der Waals surface area contributed by atoms with Gasteiger partial charge in [-0.3, -0.25) is 4.79 Å². The Kier molecular flexibility index (Phi) is 5.88. The lowest BCUT2D eigenvalue weighted by Crippen LogP contribution is -2.23. The third-order valence-corrected chi connectivity index (χ3v) is 4.00. The van der Waals surface area contributed by atoms with Crippen LogP contribution in [-0.4, -0.2) is 25.1 Å². The van der Waals surface area contributed by atoms with Crippen molar-refractivity contribution in [3.63, 3.8) is 0 Å². The molecule has 0 saturated heterocycles. The highest BCUT2D eigenvalue weighted by atomic mass is 35.5. The van der Waals surface area contributed by atoms with Crippen LogP contribution in [-0.2, 0) is 14.3 Å². The van der Waals surface area contributed by atoms with Crippen molar-refractivity contribution in [2.24, 2.45) is 0 Å². The molecule has 0 aliphatic carbocycles. The molecule has 0 aliphatic heterocycles. The first-order chi connectivity index (χ1) is 13.0. The lowest BCUT2D eigenvalue weighted by Gasteiger charge is -2.10. The second-order valence-corrected chi connectivity index (χ2v) is 6.00. The zero-order valence-corrected chi connectivity index (χ0v) is 14.8. The summed E-state index contributed by atoms with van der Waals surface area (Å²) in [6.45, 7) is -0.823. The predicted molar refractivity (Wildman–Crippen MR) is 100 cm³/mol. The topological polar surface area (TPSA) is 64.6 Å². The predicted octanol–water partition coefficient (Wildman–Crippen LogP) is 4.19. The van der Waals surface area contributed by atoms with Crippen molar-refractivity contribution >= 4 is 39.9 Å². The SMILES string of the molecule is O=C(COC(=O)COc1ccc(Cl)c2ccccc12)Nc1ccc(F)cc1. The fraction of sp³-hybridized carbons (Fsp3) is 0.100. The molecule has 138 valence electrons. The summed E-state index contributed by atoms with van der Waals surface area (Å²) in [5, 5.41) is 4.65. The van der Waals surface area contributed by atoms with E-state index in [1.165, 1.54) is 24.3 Å². The van der Waals surface area contributed by atoms with Gasteiger partial charge in [-0.2, -0.15) is 0 Å². The van der Waals surface area contributed by atoms with Gasteiger partial charge >= 0.3 is 5.97 Å². The lowest BCUT2D eigenvalue weighted by molar-refractivity contribution is -0.149. The lowest BCUT2D eigenvalue weighted by atomic mass is 10.1. The minimum Gasteiger partial charge on any atom is -0.481 e. The summed E-state index contributed by atoms with van der Waals surface area (Å²) >= 11 is 6.14. The number of halogens is 2. The molecule has 0 bridgehead atoms. The number of amides is 1. The molecular formula is C20H15ClFNO4. The number of benzene rings is 3. The maximum absolute atomic E-state index is 12.8. The fourth-order valence-corrected chi connectivity index (χ4v) is 2.64. The average molecular weight is 388 g/mol. The zero-order chi connectivity index (χ0) is 19.2. The Morgan fingerprint density at radius 1 is 0.926 bits per heavy atom. The fourth-order valence-electron chi connectivity index (χ4n) is 2.42. The van der Waals surface area contributed by atoms with Crippen molar-refractivity contribution in [1.29, 1.82) is 0 Å². The van der Waals surface area contributed by atoms with Gasteiger partial charge in [0, 0.05) is 21.5 Å². The second-order valence-electron chi connectivity index (χ2n) is 5.60. The van der Waals surface area contributed by atoms with E-state index in [-0.39, 0.29) is 6.61 Å². The first-order valence-corrected chi connectivity index (χ1v) is 8.42. The number of nitrogens with one attached hydrogen (secondary N) is 1. The monoisotopic (exact) mass is 387 g/mol. The maximum atomic E-state index is 12.8. The Morgan fingerprint density at radius 3 is 2.37 bits per heavy atom. The van der Waals surface area contributed by atoms with Gasteiger partial charge in [-0.15, -0.1) is 0 Å². The Bertz CT molecular complexity index is 975. The zero-order valence-electron chi connectivity index (χ0n) is 14.1. The maximum Gasteiger partial charge on any atom is 0.344 e. The summed E-state index contributed by atoms with van der Waals surface area (Å²) in [6.07, 6.45) is 0. The van der Waals surface area contributed by atoms with E-state index < -0.39 is 24.3 Å². The van der Waals surface area contributed by atoms with Gasteiger partial charge in [-0.25, -0.2) is 9.18 Å². The smallest absolute Gasteiger partial charge is 0.344 e. The number of hydrogen-bond donors (Lipinski definition) is 1. The summed E-state index contributed by atoms with van der Waals surface area (Å²) in [5.41, 5.74) is 0.404. The van der Waals surface area contributed by atoms with Gasteiger partial charge in [0.1, 0.15) is 11.6 Å². The molecule has 27 heavy (non-hydrogen) atoms. The van der Waals surface area contributed by atoms with Crippen molar-refractivity contribution < 1.29 is 23.5 Å². The van der Waals surface area contributed by atoms with E-state index in [0.29, 0.717) is 16.5 Å². The third kappa shape index (κ3) is 4.95. The Hall–Kier alpha value is -3.12. The molecule has 0 fully saturated rings. The molecule has 3 rings (SSSR count). The highest BCUT2D eigenvalue weighted by Gasteiger charge is 2.11. The summed E-state index contributed by atoms with van der Waals surface area (Å²) in [7, 11) is 0. The quantitative estimate of drug-likeness (QED) is 0.644. The van der Waals surface area contributed by atoms with Gasteiger partial charge in [0.15, 0.2) is 13.2 Å². The first-order valence-electron chi connectivity index (χ1n) is 8.04. The van der Waals surface area contributed by atoms with Crippen LogP contribution < -0.4 is 10.1 Å². The molecular weight excluding hydrogens is 373 g/mol. The molecule has 1 N–H and O–H groups in total. The molecule has 0 saturated carbocycles. The molecule has 3 aromatic carbocycles. The van der Waals surface area contributed by atoms with Crippen LogP contribution in [0, 0.1) is 5.82 Å². The molecule has 7 heteroatoms. The molecule has 0 radical (unpaired) electrons. The van der Waals surface area contributed by atoms with Gasteiger partial charge in [-0.05, 0) is 36.4 Å². The van der Waals surface area contributed by atoms with E-state index in [2.05, 4.69) is 5.32 Å². The molecule has 1 amide bonds. The standard InChI is InChI=1S/C20H15ClFNO4/c21-17-9-10-18(16-4-2-1-3-15(16)17)26-12-20(25)27-11-19(24)23-14-7-5-13(22)6-8-14/h1-10H,11-12H2,(H,23,24). The number of fused-ring (bicyclic) bond motifs is 1. The molecule has 0 atom stereocenters. The number of anilines is 1. The van der Waals surface area contributed by atoms with Crippen LogP contribution in [0.25, 0.3) is 10.8 Å². The number of hydrogen-bond acceptors (Lipinski definition) is 4. The van der Waals surface area contributed by atoms with Gasteiger partial charge in [0.2, 0.25) is 0 Å². The molecule has 0 spiro atoms. The van der Waals surface area contributed by atoms with Crippen LogP contribution in [0.4, 0.5) is 10.1 Å². The minimum absolute atomic E-state index is 0.352. The Balaban J connectivity index is 1.51. The van der Waals surface area contributed by atoms with E-state index >= 15 is 0 Å². The molecule has 0 unspecified atom stereocenters. The Morgan fingerprint density at radius 2 is 1.63 bits per heavy atom. The van der Waals surface area contributed by atoms with Crippen LogP contribution in [0.15, 0.2) is 60.7 Å². The second kappa shape index (κ2) is 8.51. The van der Waals surface area contributed by atoms with Crippen LogP contribution in [0.1, 0.15) is 0 Å². The summed E-state index contributed by atoms with van der Waals surface area (Å²) in [4.78, 5) is 23.6. The summed E-state index contributed by atoms with van der Waals surface area (Å²) < 4.78 is 23.2. The molecule has 3 aromatic rings. The number of ether oxygens (including phenoxy) is 2. The van der Waals surface area contributed by atoms with Gasteiger partial charge in [0.25, 0.3) is 5.91 Å². The van der Waals surface area contributed by atoms with Crippen LogP contribution >= 0.6 is 11.6 Å². The van der Waals surface area contributed by atoms with Gasteiger partial charge in [-0.1, -0.05) is 35.9 Å². The van der Waals surface area contributed by atoms with Crippen LogP contribution in [0.2, 0.25) is 5.02 Å². The van der Waals surface area contributed by atoms with Crippen molar-refractivity contribution in [2.45, 2.75) is 0 Å². The summed E-state index contributed by atoms with van der Waals surface area (Å²) in [5.74, 6) is -1.15. The average Bonchev–Trinajstić information content (AvgIpc) is 2.68. The van der Waals surface area contributed by atoms with Crippen LogP contribution in [0.5, 0.6) is 5.75 Å². The van der Waals surface area contributed by atoms with E-state index in [4.69, 9.17) is 21.1 Å². The van der Waals surface area contributed by atoms with E-state index in [9.17, 15) is 14.0 Å². The normalized spacial score (nSPS) is 10.4. The van der Waals surface area contributed by atoms with Crippen molar-refractivity contribution in [3.8, 4) is 5.75 Å². The molecule has 0 aliphatic rings. The number of carbonyl (C=O) groups excluding carboxylic acids is 2. The number of rotatable bonds is 6. The molecule has 0 aromatic heterocycles. The van der Waals surface area contributed by atoms with E-state index in [0.717, 1.165) is 10.8 Å². The minimum atomic E-state index is -0.691. The van der Waals surface area contributed by atoms with Crippen LogP contribution in [0.3, 0.4) is 0 Å². The van der Waals surface area contributed by atoms with Gasteiger partial charge < -0.3 is 14.8 Å². The largest absolute Gasteiger partial charge is 0.481 e. The molecule has 0 heterocycles. The highest BCUT2D eigenvalue weighted by molar-refractivity contribution is 6.35. The number of carbonyl (C=O) groups is 2. The van der Waals surface area contributed by atoms with Crippen molar-refractivity contribution in [1.82, 2.24) is 0 Å². The van der Waals surface area contributed by atoms with Gasteiger partial charge in [0.05, 0.1) is 0 Å². The van der Waals surface area contributed by atoms with E-state index in [1.54, 1.807) is 12.1 Å². The number of esters is 1.